The first kappa shape index (κ1) is 43.1. The second-order valence-corrected chi connectivity index (χ2v) is 34.0. The molecule has 0 bridgehead atoms. The number of aromatic nitrogens is 7. The highest BCUT2D eigenvalue weighted by Crippen LogP contribution is 2.48. The van der Waals surface area contributed by atoms with Gasteiger partial charge in [0, 0.05) is 5.56 Å². The topological polar surface area (TPSA) is 131 Å². The van der Waals surface area contributed by atoms with E-state index < -0.39 is 55.1 Å². The summed E-state index contributed by atoms with van der Waals surface area (Å²) in [7, 11) is -7.19. The lowest BCUT2D eigenvalue weighted by molar-refractivity contribution is -0.0762. The third-order valence-electron chi connectivity index (χ3n) is 12.5. The molecular formula is C40H65N7O5Si3. The van der Waals surface area contributed by atoms with E-state index in [2.05, 4.69) is 128 Å². The molecule has 5 atom stereocenters. The lowest BCUT2D eigenvalue weighted by Gasteiger charge is -2.45. The summed E-state index contributed by atoms with van der Waals surface area (Å²) in [5, 5.41) is 8.47. The third-order valence-corrected chi connectivity index (χ3v) is 25.9. The number of aryl methyl sites for hydroxylation is 1. The number of hydrogen-bond acceptors (Lipinski definition) is 9. The Morgan fingerprint density at radius 3 is 2.00 bits per heavy atom. The molecule has 1 aliphatic rings. The molecule has 3 aromatic heterocycles. The van der Waals surface area contributed by atoms with E-state index in [0.29, 0.717) is 17.8 Å². The van der Waals surface area contributed by atoms with Crippen LogP contribution in [0.1, 0.15) is 80.5 Å². The predicted octanol–water partition coefficient (Wildman–Crippen LogP) is 9.32. The van der Waals surface area contributed by atoms with Crippen molar-refractivity contribution in [2.24, 2.45) is 0 Å². The number of nitrogens with one attached hydrogen (secondary N) is 1. The van der Waals surface area contributed by atoms with Crippen molar-refractivity contribution in [2.75, 3.05) is 0 Å². The number of rotatable bonds is 12. The van der Waals surface area contributed by atoms with Gasteiger partial charge < -0.3 is 18.0 Å². The first-order chi connectivity index (χ1) is 25.2. The van der Waals surface area contributed by atoms with E-state index in [1.165, 1.54) is 4.68 Å². The molecule has 0 saturated carbocycles. The zero-order valence-corrected chi connectivity index (χ0v) is 39.1. The van der Waals surface area contributed by atoms with Crippen molar-refractivity contribution in [1.29, 1.82) is 0 Å². The van der Waals surface area contributed by atoms with Gasteiger partial charge in [-0.25, -0.2) is 4.98 Å². The van der Waals surface area contributed by atoms with E-state index in [-0.39, 0.29) is 32.7 Å². The van der Waals surface area contributed by atoms with Crippen molar-refractivity contribution in [1.82, 2.24) is 34.5 Å². The van der Waals surface area contributed by atoms with Gasteiger partial charge in [0.25, 0.3) is 5.56 Å². The Kier molecular flexibility index (Phi) is 11.8. The number of fused-ring (bicyclic) bond motifs is 1. The standard InChI is InChI=1S/C40H65N7O5Si3/c1-18-19-29(50-53(12,13)38(3,4)5)31-32(51-54(14,15)39(6,7)8)33(52-55(16,17)40(9,10)11)36(49-31)46-25-41-30-34(46)42-37(43-35(30)48)47-24-28(44-45-47)27-22-20-26(2)21-23-27/h18,20-25,29,31-33,36H,1,19H2,2-17H3,(H,42,43,48)/t29?,31-,32-,33-,36-/m1/s1. The van der Waals surface area contributed by atoms with Crippen LogP contribution in [-0.4, -0.2) is 83.9 Å². The van der Waals surface area contributed by atoms with E-state index in [9.17, 15) is 4.79 Å². The zero-order valence-electron chi connectivity index (χ0n) is 36.1. The Morgan fingerprint density at radius 2 is 1.45 bits per heavy atom. The molecule has 0 aliphatic carbocycles. The molecule has 1 aromatic carbocycles. The lowest BCUT2D eigenvalue weighted by Crippen LogP contribution is -2.56. The highest BCUT2D eigenvalue weighted by atomic mass is 28.4. The quantitative estimate of drug-likeness (QED) is 0.110. The van der Waals surface area contributed by atoms with Crippen molar-refractivity contribution in [3.05, 3.63) is 65.4 Å². The van der Waals surface area contributed by atoms with Crippen LogP contribution in [0.5, 0.6) is 0 Å². The fraction of sp³-hybridized carbons (Fsp3) is 0.625. The van der Waals surface area contributed by atoms with Crippen LogP contribution in [0.15, 0.2) is 54.2 Å². The smallest absolute Gasteiger partial charge is 0.280 e. The number of H-pyrrole nitrogens is 1. The van der Waals surface area contributed by atoms with Crippen LogP contribution < -0.4 is 5.56 Å². The molecule has 0 spiro atoms. The highest BCUT2D eigenvalue weighted by Gasteiger charge is 2.57. The first-order valence-electron chi connectivity index (χ1n) is 19.4. The summed E-state index contributed by atoms with van der Waals surface area (Å²) in [5.41, 5.74) is 2.83. The van der Waals surface area contributed by atoms with Gasteiger partial charge >= 0.3 is 0 Å². The van der Waals surface area contributed by atoms with Gasteiger partial charge in [-0.3, -0.25) is 14.3 Å². The van der Waals surface area contributed by atoms with Crippen molar-refractivity contribution < 1.29 is 18.0 Å². The highest BCUT2D eigenvalue weighted by molar-refractivity contribution is 6.75. The SMILES string of the molecule is C=CCC(O[Si](C)(C)C(C)(C)C)[C@H]1O[C@@H](n2cnc3c(=O)[nH]c(-n4cc(-c5ccc(C)cc5)nn4)nc32)[C@H](O[Si](C)(C)C(C)(C)C)[C@@H]1O[Si](C)(C)C(C)(C)C. The molecule has 1 unspecified atom stereocenters. The van der Waals surface area contributed by atoms with Crippen LogP contribution in [-0.2, 0) is 18.0 Å². The largest absolute Gasteiger partial charge is 0.411 e. The van der Waals surface area contributed by atoms with E-state index in [0.717, 1.165) is 11.1 Å². The summed E-state index contributed by atoms with van der Waals surface area (Å²) in [6, 6.07) is 8.03. The maximum atomic E-state index is 13.7. The Labute approximate surface area is 330 Å². The number of nitrogens with zero attached hydrogens (tertiary/aromatic N) is 6. The molecule has 12 nitrogen and oxygen atoms in total. The third kappa shape index (κ3) is 8.77. The molecule has 4 heterocycles. The summed E-state index contributed by atoms with van der Waals surface area (Å²) in [6.07, 6.45) is 3.16. The van der Waals surface area contributed by atoms with E-state index in [1.54, 1.807) is 12.5 Å². The maximum Gasteiger partial charge on any atom is 0.280 e. The van der Waals surface area contributed by atoms with Crippen LogP contribution in [0.25, 0.3) is 28.4 Å². The fourth-order valence-electron chi connectivity index (χ4n) is 5.88. The first-order valence-corrected chi connectivity index (χ1v) is 28.2. The van der Waals surface area contributed by atoms with Gasteiger partial charge in [-0.2, -0.15) is 9.67 Å². The molecule has 15 heteroatoms. The molecule has 1 aliphatic heterocycles. The monoisotopic (exact) mass is 807 g/mol. The normalized spacial score (nSPS) is 21.0. The van der Waals surface area contributed by atoms with Gasteiger partial charge in [0.1, 0.15) is 24.0 Å². The summed E-state index contributed by atoms with van der Waals surface area (Å²) in [4.78, 5) is 26.1. The molecule has 1 saturated heterocycles. The molecular weight excluding hydrogens is 743 g/mol. The van der Waals surface area contributed by atoms with Crippen molar-refractivity contribution >= 4 is 36.1 Å². The van der Waals surface area contributed by atoms with Gasteiger partial charge in [0.15, 0.2) is 42.3 Å². The van der Waals surface area contributed by atoms with Gasteiger partial charge in [-0.05, 0) is 67.7 Å². The minimum absolute atomic E-state index is 0.0418. The second-order valence-electron chi connectivity index (χ2n) is 19.7. The van der Waals surface area contributed by atoms with Gasteiger partial charge in [0.2, 0.25) is 5.95 Å². The second kappa shape index (κ2) is 15.0. The lowest BCUT2D eigenvalue weighted by atomic mass is 10.0. The van der Waals surface area contributed by atoms with E-state index in [1.807, 2.05) is 41.8 Å². The Balaban J connectivity index is 1.69. The number of aromatic amines is 1. The predicted molar refractivity (Wildman–Crippen MR) is 228 cm³/mol. The van der Waals surface area contributed by atoms with Crippen molar-refractivity contribution in [2.45, 2.75) is 161 Å². The van der Waals surface area contributed by atoms with Crippen LogP contribution in [0.3, 0.4) is 0 Å². The molecule has 1 N–H and O–H groups in total. The molecule has 5 rings (SSSR count). The molecule has 55 heavy (non-hydrogen) atoms. The van der Waals surface area contributed by atoms with Gasteiger partial charge in [0.05, 0.1) is 18.6 Å². The molecule has 0 radical (unpaired) electrons. The molecule has 4 aromatic rings. The summed E-state index contributed by atoms with van der Waals surface area (Å²) < 4.78 is 32.7. The number of hydrogen-bond donors (Lipinski definition) is 1. The van der Waals surface area contributed by atoms with Crippen molar-refractivity contribution in [3.8, 4) is 17.2 Å². The van der Waals surface area contributed by atoms with Crippen LogP contribution in [0, 0.1) is 6.92 Å². The molecule has 1 fully saturated rings. The minimum Gasteiger partial charge on any atom is -0.411 e. The Hall–Kier alpha value is -3.06. The molecule has 0 amide bonds. The summed E-state index contributed by atoms with van der Waals surface area (Å²) in [5.74, 6) is 0.210. The minimum atomic E-state index is -2.46. The molecule has 302 valence electrons. The fourth-order valence-corrected chi connectivity index (χ4v) is 9.81. The van der Waals surface area contributed by atoms with Gasteiger partial charge in [-0.1, -0.05) is 103 Å². The average Bonchev–Trinajstić information content (AvgIpc) is 3.78. The Bertz CT molecular complexity index is 2030. The average molecular weight is 808 g/mol. The van der Waals surface area contributed by atoms with Crippen LogP contribution >= 0.6 is 0 Å². The summed E-state index contributed by atoms with van der Waals surface area (Å²) >= 11 is 0. The summed E-state index contributed by atoms with van der Waals surface area (Å²) in [6.45, 7) is 39.9. The van der Waals surface area contributed by atoms with Crippen LogP contribution in [0.2, 0.25) is 54.4 Å². The zero-order chi connectivity index (χ0) is 41.1. The van der Waals surface area contributed by atoms with Crippen LogP contribution in [0.4, 0.5) is 0 Å². The Morgan fingerprint density at radius 1 is 0.891 bits per heavy atom. The van der Waals surface area contributed by atoms with E-state index >= 15 is 0 Å². The van der Waals surface area contributed by atoms with Gasteiger partial charge in [-0.15, -0.1) is 11.7 Å². The van der Waals surface area contributed by atoms with Crippen molar-refractivity contribution in [3.63, 3.8) is 0 Å². The number of ether oxygens (including phenoxy) is 1. The maximum absolute atomic E-state index is 13.7. The number of imidazole rings is 1. The number of benzene rings is 1. The van der Waals surface area contributed by atoms with E-state index in [4.69, 9.17) is 23.0 Å².